The normalized spacial score (nSPS) is 10.0. The highest BCUT2D eigenvalue weighted by molar-refractivity contribution is 5.89. The van der Waals surface area contributed by atoms with Crippen molar-refractivity contribution in [1.82, 2.24) is 9.78 Å². The molecule has 1 aromatic rings. The number of nitrogens with two attached hydrogens (primary N) is 1. The van der Waals surface area contributed by atoms with Gasteiger partial charge in [0.05, 0.1) is 6.20 Å². The molecule has 0 atom stereocenters. The van der Waals surface area contributed by atoms with Gasteiger partial charge in [0.25, 0.3) is 0 Å². The second-order valence-corrected chi connectivity index (χ2v) is 2.78. The minimum Gasteiger partial charge on any atom is -0.330 e. The maximum absolute atomic E-state index is 11.2. The van der Waals surface area contributed by atoms with Gasteiger partial charge in [0.15, 0.2) is 0 Å². The summed E-state index contributed by atoms with van der Waals surface area (Å²) in [4.78, 5) is 11.2. The summed E-state index contributed by atoms with van der Waals surface area (Å²) in [5.74, 6) is 0.691. The number of anilines is 1. The molecule has 1 aromatic heterocycles. The van der Waals surface area contributed by atoms with Gasteiger partial charge in [-0.25, -0.2) is 0 Å². The van der Waals surface area contributed by atoms with Crippen LogP contribution in [0.25, 0.3) is 0 Å². The molecule has 5 nitrogen and oxygen atoms in total. The largest absolute Gasteiger partial charge is 0.330 e. The van der Waals surface area contributed by atoms with Crippen molar-refractivity contribution in [2.24, 2.45) is 12.8 Å². The molecule has 0 spiro atoms. The van der Waals surface area contributed by atoms with Crippen molar-refractivity contribution in [3.05, 3.63) is 12.3 Å². The van der Waals surface area contributed by atoms with E-state index in [1.54, 1.807) is 24.0 Å². The van der Waals surface area contributed by atoms with E-state index in [0.717, 1.165) is 0 Å². The van der Waals surface area contributed by atoms with E-state index in [0.29, 0.717) is 25.2 Å². The summed E-state index contributed by atoms with van der Waals surface area (Å²) in [5.41, 5.74) is 5.28. The fourth-order valence-electron chi connectivity index (χ4n) is 0.965. The number of hydrogen-bond donors (Lipinski definition) is 2. The quantitative estimate of drug-likeness (QED) is 0.693. The highest BCUT2D eigenvalue weighted by atomic mass is 16.1. The van der Waals surface area contributed by atoms with E-state index >= 15 is 0 Å². The lowest BCUT2D eigenvalue weighted by molar-refractivity contribution is -0.116. The predicted molar refractivity (Wildman–Crippen MR) is 50.1 cm³/mol. The highest BCUT2D eigenvalue weighted by Gasteiger charge is 2.03. The van der Waals surface area contributed by atoms with E-state index in [4.69, 9.17) is 5.73 Å². The first kappa shape index (κ1) is 9.73. The van der Waals surface area contributed by atoms with Crippen molar-refractivity contribution < 1.29 is 4.79 Å². The van der Waals surface area contributed by atoms with Gasteiger partial charge in [-0.15, -0.1) is 0 Å². The van der Waals surface area contributed by atoms with E-state index < -0.39 is 0 Å². The van der Waals surface area contributed by atoms with Gasteiger partial charge in [0.2, 0.25) is 5.91 Å². The number of amides is 1. The first-order valence-corrected chi connectivity index (χ1v) is 4.22. The highest BCUT2D eigenvalue weighted by Crippen LogP contribution is 2.03. The van der Waals surface area contributed by atoms with Crippen LogP contribution in [-0.2, 0) is 11.8 Å². The first-order valence-electron chi connectivity index (χ1n) is 4.22. The number of aryl methyl sites for hydroxylation is 1. The van der Waals surface area contributed by atoms with Gasteiger partial charge in [0, 0.05) is 19.5 Å². The minimum absolute atomic E-state index is 0.0194. The number of nitrogens with zero attached hydrogens (tertiary/aromatic N) is 2. The van der Waals surface area contributed by atoms with Crippen LogP contribution in [0.5, 0.6) is 0 Å². The monoisotopic (exact) mass is 182 g/mol. The lowest BCUT2D eigenvalue weighted by atomic mass is 10.3. The molecule has 0 unspecified atom stereocenters. The Morgan fingerprint density at radius 1 is 1.77 bits per heavy atom. The third-order valence-electron chi connectivity index (χ3n) is 1.70. The van der Waals surface area contributed by atoms with E-state index in [1.165, 1.54) is 0 Å². The average Bonchev–Trinajstić information content (AvgIpc) is 2.48. The van der Waals surface area contributed by atoms with Crippen LogP contribution < -0.4 is 11.1 Å². The van der Waals surface area contributed by atoms with Crippen LogP contribution >= 0.6 is 0 Å². The molecular weight excluding hydrogens is 168 g/mol. The number of nitrogens with one attached hydrogen (secondary N) is 1. The molecule has 1 amide bonds. The zero-order valence-corrected chi connectivity index (χ0v) is 7.66. The molecule has 13 heavy (non-hydrogen) atoms. The molecule has 0 bridgehead atoms. The Hall–Kier alpha value is -1.36. The molecular formula is C8H14N4O. The second-order valence-electron chi connectivity index (χ2n) is 2.78. The first-order chi connectivity index (χ1) is 6.24. The zero-order valence-electron chi connectivity index (χ0n) is 7.66. The fourth-order valence-corrected chi connectivity index (χ4v) is 0.965. The fraction of sp³-hybridized carbons (Fsp3) is 0.500. The summed E-state index contributed by atoms with van der Waals surface area (Å²) < 4.78 is 1.61. The summed E-state index contributed by atoms with van der Waals surface area (Å²) in [7, 11) is 1.78. The average molecular weight is 182 g/mol. The molecule has 5 heteroatoms. The van der Waals surface area contributed by atoms with Crippen LogP contribution in [-0.4, -0.2) is 22.2 Å². The Morgan fingerprint density at radius 3 is 3.08 bits per heavy atom. The maximum atomic E-state index is 11.2. The Labute approximate surface area is 76.9 Å². The molecule has 0 radical (unpaired) electrons. The third kappa shape index (κ3) is 2.87. The number of aromatic nitrogens is 2. The van der Waals surface area contributed by atoms with Crippen molar-refractivity contribution in [2.45, 2.75) is 12.8 Å². The molecule has 0 aliphatic carbocycles. The van der Waals surface area contributed by atoms with Gasteiger partial charge in [-0.05, 0) is 13.0 Å². The van der Waals surface area contributed by atoms with Crippen LogP contribution in [0.4, 0.5) is 5.82 Å². The molecule has 1 heterocycles. The Morgan fingerprint density at radius 2 is 2.54 bits per heavy atom. The molecule has 0 aliphatic rings. The molecule has 0 fully saturated rings. The maximum Gasteiger partial charge on any atom is 0.225 e. The van der Waals surface area contributed by atoms with Crippen LogP contribution in [0.1, 0.15) is 12.8 Å². The molecule has 1 rings (SSSR count). The van der Waals surface area contributed by atoms with Crippen LogP contribution in [0.2, 0.25) is 0 Å². The zero-order chi connectivity index (χ0) is 9.68. The number of rotatable bonds is 4. The lowest BCUT2D eigenvalue weighted by Gasteiger charge is -2.03. The number of hydrogen-bond acceptors (Lipinski definition) is 3. The number of carbonyl (C=O) groups excluding carboxylic acids is 1. The van der Waals surface area contributed by atoms with Gasteiger partial charge in [0.1, 0.15) is 5.82 Å². The Balaban J connectivity index is 2.41. The van der Waals surface area contributed by atoms with Crippen molar-refractivity contribution in [2.75, 3.05) is 11.9 Å². The van der Waals surface area contributed by atoms with E-state index in [-0.39, 0.29) is 5.91 Å². The summed E-state index contributed by atoms with van der Waals surface area (Å²) in [5, 5.41) is 6.66. The van der Waals surface area contributed by atoms with Crippen molar-refractivity contribution in [3.63, 3.8) is 0 Å². The molecule has 0 aliphatic heterocycles. The van der Waals surface area contributed by atoms with Gasteiger partial charge in [-0.2, -0.15) is 5.10 Å². The van der Waals surface area contributed by atoms with Gasteiger partial charge < -0.3 is 11.1 Å². The van der Waals surface area contributed by atoms with Crippen LogP contribution in [0.15, 0.2) is 12.3 Å². The lowest BCUT2D eigenvalue weighted by Crippen LogP contribution is -2.15. The second kappa shape index (κ2) is 4.61. The smallest absolute Gasteiger partial charge is 0.225 e. The summed E-state index contributed by atoms with van der Waals surface area (Å²) in [6.45, 7) is 0.540. The summed E-state index contributed by atoms with van der Waals surface area (Å²) in [6, 6.07) is 1.75. The van der Waals surface area contributed by atoms with E-state index in [1.807, 2.05) is 0 Å². The molecule has 0 saturated heterocycles. The minimum atomic E-state index is -0.0194. The third-order valence-corrected chi connectivity index (χ3v) is 1.70. The van der Waals surface area contributed by atoms with E-state index in [2.05, 4.69) is 10.4 Å². The number of carbonyl (C=O) groups is 1. The molecule has 0 aromatic carbocycles. The Bertz CT molecular complexity index is 281. The SMILES string of the molecule is Cn1nccc1NC(=O)CCCN. The topological polar surface area (TPSA) is 72.9 Å². The molecule has 3 N–H and O–H groups in total. The summed E-state index contributed by atoms with van der Waals surface area (Å²) >= 11 is 0. The van der Waals surface area contributed by atoms with Gasteiger partial charge in [-0.1, -0.05) is 0 Å². The van der Waals surface area contributed by atoms with Gasteiger partial charge >= 0.3 is 0 Å². The Kier molecular flexibility index (Phi) is 3.45. The summed E-state index contributed by atoms with van der Waals surface area (Å²) in [6.07, 6.45) is 2.81. The predicted octanol–water partition coefficient (Wildman–Crippen LogP) is 0.0975. The van der Waals surface area contributed by atoms with Crippen molar-refractivity contribution in [3.8, 4) is 0 Å². The molecule has 72 valence electrons. The molecule has 0 saturated carbocycles. The van der Waals surface area contributed by atoms with E-state index in [9.17, 15) is 4.79 Å². The standard InChI is InChI=1S/C8H14N4O/c1-12-7(4-6-10-12)11-8(13)3-2-5-9/h4,6H,2-3,5,9H2,1H3,(H,11,13). The van der Waals surface area contributed by atoms with Gasteiger partial charge in [-0.3, -0.25) is 9.48 Å². The van der Waals surface area contributed by atoms with Crippen LogP contribution in [0.3, 0.4) is 0 Å². The van der Waals surface area contributed by atoms with Crippen LogP contribution in [0, 0.1) is 0 Å². The van der Waals surface area contributed by atoms with Crippen molar-refractivity contribution in [1.29, 1.82) is 0 Å². The van der Waals surface area contributed by atoms with Crippen molar-refractivity contribution >= 4 is 11.7 Å².